The molecular formula is C23H29ClN6O3. The van der Waals surface area contributed by atoms with Crippen molar-refractivity contribution in [3.05, 3.63) is 40.0 Å². The number of hydrogen-bond acceptors (Lipinski definition) is 6. The predicted molar refractivity (Wildman–Crippen MR) is 127 cm³/mol. The molecule has 33 heavy (non-hydrogen) atoms. The lowest BCUT2D eigenvalue weighted by atomic mass is 10.1. The number of aliphatic hydroxyl groups excluding tert-OH is 1. The van der Waals surface area contributed by atoms with E-state index in [4.69, 9.17) is 21.6 Å². The van der Waals surface area contributed by atoms with Gasteiger partial charge in [0.15, 0.2) is 11.0 Å². The first-order valence-electron chi connectivity index (χ1n) is 11.2. The lowest BCUT2D eigenvalue weighted by molar-refractivity contribution is 0.0697. The molecule has 4 rings (SSSR count). The number of H-pyrrole nitrogens is 1. The number of fused-ring (bicyclic) bond motifs is 1. The van der Waals surface area contributed by atoms with E-state index in [1.807, 2.05) is 0 Å². The Morgan fingerprint density at radius 1 is 1.33 bits per heavy atom. The molecule has 0 saturated carbocycles. The number of nitrogens with one attached hydrogen (secondary N) is 1. The lowest BCUT2D eigenvalue weighted by Gasteiger charge is -2.29. The van der Waals surface area contributed by atoms with E-state index in [9.17, 15) is 15.0 Å². The highest BCUT2D eigenvalue weighted by atomic mass is 35.5. The summed E-state index contributed by atoms with van der Waals surface area (Å²) in [4.78, 5) is 23.1. The molecule has 0 spiro atoms. The van der Waals surface area contributed by atoms with E-state index in [0.29, 0.717) is 16.7 Å². The van der Waals surface area contributed by atoms with Crippen molar-refractivity contribution < 1.29 is 15.0 Å². The van der Waals surface area contributed by atoms with E-state index in [0.717, 1.165) is 36.5 Å². The second-order valence-electron chi connectivity index (χ2n) is 8.94. The van der Waals surface area contributed by atoms with Crippen LogP contribution in [0.3, 0.4) is 0 Å². The molecule has 0 radical (unpaired) electrons. The molecule has 1 aromatic carbocycles. The Balaban J connectivity index is 2.03. The van der Waals surface area contributed by atoms with Crippen LogP contribution < -0.4 is 10.4 Å². The van der Waals surface area contributed by atoms with Crippen LogP contribution in [0.25, 0.3) is 11.0 Å². The van der Waals surface area contributed by atoms with Crippen LogP contribution in [-0.4, -0.2) is 55.1 Å². The number of aliphatic hydroxyl groups is 1. The van der Waals surface area contributed by atoms with Gasteiger partial charge in [0.25, 0.3) is 0 Å². The molecule has 1 saturated heterocycles. The Hall–Kier alpha value is -2.91. The molecule has 1 aliphatic rings. The number of benzene rings is 1. The Bertz CT molecular complexity index is 1260. The van der Waals surface area contributed by atoms with E-state index < -0.39 is 5.97 Å². The topological polar surface area (TPSA) is 120 Å². The molecule has 2 aromatic heterocycles. The maximum absolute atomic E-state index is 11.3. The van der Waals surface area contributed by atoms with Crippen LogP contribution in [0.2, 0.25) is 5.02 Å². The summed E-state index contributed by atoms with van der Waals surface area (Å²) in [6, 6.07) is 4.65. The van der Waals surface area contributed by atoms with Gasteiger partial charge in [-0.05, 0) is 50.8 Å². The van der Waals surface area contributed by atoms with Gasteiger partial charge in [-0.2, -0.15) is 10.1 Å². The average molecular weight is 473 g/mol. The molecular weight excluding hydrogens is 444 g/mol. The number of aromatic carboxylic acids is 1. The first kappa shape index (κ1) is 23.3. The number of aromatic amines is 1. The minimum absolute atomic E-state index is 0.00787. The van der Waals surface area contributed by atoms with Gasteiger partial charge in [0.1, 0.15) is 0 Å². The molecule has 3 heterocycles. The van der Waals surface area contributed by atoms with E-state index in [1.54, 1.807) is 6.07 Å². The van der Waals surface area contributed by atoms with Crippen LogP contribution >= 0.6 is 11.6 Å². The monoisotopic (exact) mass is 472 g/mol. The summed E-state index contributed by atoms with van der Waals surface area (Å²) in [5.74, 6) is -0.158. The highest BCUT2D eigenvalue weighted by Crippen LogP contribution is 2.31. The third-order valence-electron chi connectivity index (χ3n) is 6.00. The molecule has 0 aliphatic carbocycles. The summed E-state index contributed by atoms with van der Waals surface area (Å²) in [5, 5.41) is 27.1. The highest BCUT2D eigenvalue weighted by molar-refractivity contribution is 6.33. The van der Waals surface area contributed by atoms with Gasteiger partial charge < -0.3 is 19.7 Å². The van der Waals surface area contributed by atoms with Crippen molar-refractivity contribution in [2.75, 3.05) is 18.1 Å². The number of halogens is 1. The van der Waals surface area contributed by atoms with Crippen LogP contribution in [-0.2, 0) is 0 Å². The summed E-state index contributed by atoms with van der Waals surface area (Å²) < 4.78 is 2.17. The molecule has 1 atom stereocenters. The number of rotatable bonds is 6. The number of nitrogens with zero attached hydrogens (tertiary/aromatic N) is 5. The van der Waals surface area contributed by atoms with Gasteiger partial charge in [-0.1, -0.05) is 25.4 Å². The maximum atomic E-state index is 11.3. The van der Waals surface area contributed by atoms with Crippen molar-refractivity contribution in [3.63, 3.8) is 0 Å². The molecule has 1 fully saturated rings. The molecule has 10 heteroatoms. The minimum atomic E-state index is -1.09. The van der Waals surface area contributed by atoms with Crippen molar-refractivity contribution in [1.82, 2.24) is 19.7 Å². The smallest absolute Gasteiger partial charge is 0.337 e. The predicted octanol–water partition coefficient (Wildman–Crippen LogP) is 4.01. The number of anilines is 1. The largest absolute Gasteiger partial charge is 0.478 e. The first-order chi connectivity index (χ1) is 15.7. The molecule has 1 aliphatic heterocycles. The average Bonchev–Trinajstić information content (AvgIpc) is 3.40. The number of carbonyl (C=O) groups is 1. The van der Waals surface area contributed by atoms with Crippen LogP contribution in [0.5, 0.6) is 0 Å². The van der Waals surface area contributed by atoms with E-state index >= 15 is 0 Å². The third-order valence-corrected chi connectivity index (χ3v) is 6.31. The summed E-state index contributed by atoms with van der Waals surface area (Å²) in [7, 11) is 0. The maximum Gasteiger partial charge on any atom is 0.337 e. The van der Waals surface area contributed by atoms with Gasteiger partial charge in [-0.25, -0.2) is 9.79 Å². The fraction of sp³-hybridized carbons (Fsp3) is 0.478. The molecule has 0 bridgehead atoms. The Labute approximate surface area is 196 Å². The third kappa shape index (κ3) is 4.22. The van der Waals surface area contributed by atoms with Crippen LogP contribution in [0, 0.1) is 0 Å². The van der Waals surface area contributed by atoms with Crippen LogP contribution in [0.1, 0.15) is 68.5 Å². The fourth-order valence-corrected chi connectivity index (χ4v) is 4.64. The SMILES string of the molecule is CC(C)c1[nH]nc2c(=Nc3ccc(C(=O)O)c(Cl)c3)nc(N3CCCC3CO)n(C(C)C)c12. The van der Waals surface area contributed by atoms with Gasteiger partial charge in [-0.15, -0.1) is 0 Å². The van der Waals surface area contributed by atoms with E-state index in [-0.39, 0.29) is 35.2 Å². The first-order valence-corrected chi connectivity index (χ1v) is 11.6. The van der Waals surface area contributed by atoms with E-state index in [1.165, 1.54) is 12.1 Å². The standard InChI is InChI=1S/C23H29ClN6O3/c1-12(2)18-20-19(28-27-18)21(25-14-7-8-16(22(32)33)17(24)10-14)26-23(30(20)13(3)4)29-9-5-6-15(29)11-31/h7-8,10,12-13,15,31H,5-6,9,11H2,1-4H3,(H,27,28)(H,32,33). The highest BCUT2D eigenvalue weighted by Gasteiger charge is 2.30. The second kappa shape index (κ2) is 9.15. The van der Waals surface area contributed by atoms with Gasteiger partial charge >= 0.3 is 5.97 Å². The normalized spacial score (nSPS) is 17.2. The Morgan fingerprint density at radius 3 is 2.70 bits per heavy atom. The Morgan fingerprint density at radius 2 is 2.09 bits per heavy atom. The van der Waals surface area contributed by atoms with Gasteiger partial charge in [-0.3, -0.25) is 5.10 Å². The number of aromatic nitrogens is 4. The second-order valence-corrected chi connectivity index (χ2v) is 9.35. The van der Waals surface area contributed by atoms with E-state index in [2.05, 4.69) is 47.4 Å². The zero-order valence-corrected chi connectivity index (χ0v) is 20.0. The van der Waals surface area contributed by atoms with Gasteiger partial charge in [0, 0.05) is 12.6 Å². The molecule has 1 unspecified atom stereocenters. The van der Waals surface area contributed by atoms with Gasteiger partial charge in [0.05, 0.1) is 40.1 Å². The van der Waals surface area contributed by atoms with Crippen molar-refractivity contribution in [2.24, 2.45) is 4.99 Å². The molecule has 3 N–H and O–H groups in total. The summed E-state index contributed by atoms with van der Waals surface area (Å²) in [6.45, 7) is 9.26. The zero-order chi connectivity index (χ0) is 23.9. The minimum Gasteiger partial charge on any atom is -0.478 e. The van der Waals surface area contributed by atoms with Crippen molar-refractivity contribution in [1.29, 1.82) is 0 Å². The molecule has 0 amide bonds. The fourth-order valence-electron chi connectivity index (χ4n) is 4.38. The molecule has 176 valence electrons. The lowest BCUT2D eigenvalue weighted by Crippen LogP contribution is -2.37. The van der Waals surface area contributed by atoms with Crippen molar-refractivity contribution in [2.45, 2.75) is 58.5 Å². The summed E-state index contributed by atoms with van der Waals surface area (Å²) in [5.41, 5.74) is 3.47. The summed E-state index contributed by atoms with van der Waals surface area (Å²) in [6.07, 6.45) is 1.87. The number of hydrogen-bond donors (Lipinski definition) is 3. The van der Waals surface area contributed by atoms with Crippen LogP contribution in [0.4, 0.5) is 11.6 Å². The van der Waals surface area contributed by atoms with Crippen molar-refractivity contribution >= 4 is 40.2 Å². The zero-order valence-electron chi connectivity index (χ0n) is 19.2. The van der Waals surface area contributed by atoms with Crippen LogP contribution in [0.15, 0.2) is 23.2 Å². The Kier molecular flexibility index (Phi) is 6.45. The van der Waals surface area contributed by atoms with Crippen molar-refractivity contribution in [3.8, 4) is 0 Å². The summed E-state index contributed by atoms with van der Waals surface area (Å²) >= 11 is 6.17. The quantitative estimate of drug-likeness (QED) is 0.498. The molecule has 3 aromatic rings. The van der Waals surface area contributed by atoms with Gasteiger partial charge in [0.2, 0.25) is 5.95 Å². The molecule has 9 nitrogen and oxygen atoms in total. The number of carboxylic acid groups (broad SMARTS) is 1. The number of carboxylic acids is 1.